The van der Waals surface area contributed by atoms with E-state index in [1.807, 2.05) is 0 Å². The number of likely N-dealkylation sites (tertiary alicyclic amines) is 1. The van der Waals surface area contributed by atoms with E-state index in [1.54, 1.807) is 4.90 Å². The highest BCUT2D eigenvalue weighted by atomic mass is 32.2. The van der Waals surface area contributed by atoms with Crippen molar-refractivity contribution in [2.75, 3.05) is 39.0 Å². The third kappa shape index (κ3) is 3.11. The number of hydrogen-bond donors (Lipinski definition) is 0. The largest absolute Gasteiger partial charge is 0.375 e. The van der Waals surface area contributed by atoms with Crippen LogP contribution in [0.15, 0.2) is 18.6 Å². The fourth-order valence-electron chi connectivity index (χ4n) is 2.90. The summed E-state index contributed by atoms with van der Waals surface area (Å²) >= 11 is 0. The number of aromatic nitrogens is 2. The van der Waals surface area contributed by atoms with Crippen molar-refractivity contribution in [2.24, 2.45) is 5.92 Å². The fourth-order valence-corrected chi connectivity index (χ4v) is 3.77. The Morgan fingerprint density at radius 3 is 2.82 bits per heavy atom. The molecule has 3 heterocycles. The molecular weight excluding hydrogens is 308 g/mol. The van der Waals surface area contributed by atoms with Gasteiger partial charge in [0.25, 0.3) is 5.91 Å². The summed E-state index contributed by atoms with van der Waals surface area (Å²) in [5, 5.41) is 0. The second kappa shape index (κ2) is 5.90. The minimum Gasteiger partial charge on any atom is -0.375 e. The van der Waals surface area contributed by atoms with Gasteiger partial charge in [0.1, 0.15) is 5.69 Å². The number of fused-ring (bicyclic) bond motifs is 1. The third-order valence-corrected chi connectivity index (χ3v) is 5.30. The standard InChI is InChI=1S/C13H18N4O4S/c1-22(19,20)17-4-5-21-12-9-16(7-10(12)8-17)13(18)11-6-14-2-3-15-11/h2-3,6,10,12H,4-5,7-9H2,1H3/t10-,12-/m1/s1. The number of carbonyl (C=O) groups is 1. The Hall–Kier alpha value is -1.58. The van der Waals surface area contributed by atoms with Crippen LogP contribution in [0.3, 0.4) is 0 Å². The van der Waals surface area contributed by atoms with E-state index >= 15 is 0 Å². The van der Waals surface area contributed by atoms with E-state index in [9.17, 15) is 13.2 Å². The zero-order valence-corrected chi connectivity index (χ0v) is 13.1. The van der Waals surface area contributed by atoms with E-state index in [-0.39, 0.29) is 17.9 Å². The van der Waals surface area contributed by atoms with Crippen LogP contribution in [-0.2, 0) is 14.8 Å². The van der Waals surface area contributed by atoms with Crippen LogP contribution in [0.5, 0.6) is 0 Å². The van der Waals surface area contributed by atoms with Crippen LogP contribution >= 0.6 is 0 Å². The monoisotopic (exact) mass is 326 g/mol. The van der Waals surface area contributed by atoms with Gasteiger partial charge in [-0.25, -0.2) is 13.4 Å². The van der Waals surface area contributed by atoms with E-state index in [0.717, 1.165) is 0 Å². The Morgan fingerprint density at radius 2 is 2.14 bits per heavy atom. The van der Waals surface area contributed by atoms with E-state index in [0.29, 0.717) is 38.5 Å². The van der Waals surface area contributed by atoms with Gasteiger partial charge in [-0.3, -0.25) is 9.78 Å². The Kier molecular flexibility index (Phi) is 4.11. The smallest absolute Gasteiger partial charge is 0.274 e. The van der Waals surface area contributed by atoms with Crippen LogP contribution in [0.1, 0.15) is 10.5 Å². The average Bonchev–Trinajstić information content (AvgIpc) is 2.78. The van der Waals surface area contributed by atoms with Gasteiger partial charge >= 0.3 is 0 Å². The van der Waals surface area contributed by atoms with Crippen LogP contribution in [0.25, 0.3) is 0 Å². The van der Waals surface area contributed by atoms with Crippen LogP contribution < -0.4 is 0 Å². The van der Waals surface area contributed by atoms with Crippen LogP contribution in [0.4, 0.5) is 0 Å². The van der Waals surface area contributed by atoms with Crippen molar-refractivity contribution in [2.45, 2.75) is 6.10 Å². The van der Waals surface area contributed by atoms with E-state index in [1.165, 1.54) is 29.2 Å². The van der Waals surface area contributed by atoms with Crippen molar-refractivity contribution in [1.29, 1.82) is 0 Å². The van der Waals surface area contributed by atoms with Crippen LogP contribution in [0.2, 0.25) is 0 Å². The predicted molar refractivity (Wildman–Crippen MR) is 77.6 cm³/mol. The molecular formula is C13H18N4O4S. The molecule has 0 aliphatic carbocycles. The van der Waals surface area contributed by atoms with Crippen molar-refractivity contribution in [3.05, 3.63) is 24.3 Å². The van der Waals surface area contributed by atoms with Crippen molar-refractivity contribution in [3.8, 4) is 0 Å². The quantitative estimate of drug-likeness (QED) is 0.707. The highest BCUT2D eigenvalue weighted by molar-refractivity contribution is 7.88. The molecule has 2 fully saturated rings. The first kappa shape index (κ1) is 15.3. The van der Waals surface area contributed by atoms with Crippen LogP contribution in [0, 0.1) is 5.92 Å². The molecule has 0 saturated carbocycles. The molecule has 0 N–H and O–H groups in total. The summed E-state index contributed by atoms with van der Waals surface area (Å²) in [5.41, 5.74) is 0.291. The molecule has 1 amide bonds. The Bertz CT molecular complexity index is 651. The van der Waals surface area contributed by atoms with Gasteiger partial charge < -0.3 is 9.64 Å². The number of hydrogen-bond acceptors (Lipinski definition) is 6. The SMILES string of the molecule is CS(=O)(=O)N1CCO[C@@H]2CN(C(=O)c3cnccn3)C[C@@H]2C1. The first-order valence-electron chi connectivity index (χ1n) is 7.07. The Labute approximate surface area is 129 Å². The van der Waals surface area contributed by atoms with E-state index in [2.05, 4.69) is 9.97 Å². The fraction of sp³-hybridized carbons (Fsp3) is 0.615. The minimum atomic E-state index is -3.25. The molecule has 2 saturated heterocycles. The molecule has 0 unspecified atom stereocenters. The number of rotatable bonds is 2. The molecule has 0 aromatic carbocycles. The van der Waals surface area contributed by atoms with Gasteiger partial charge in [-0.15, -0.1) is 0 Å². The lowest BCUT2D eigenvalue weighted by atomic mass is 10.1. The van der Waals surface area contributed by atoms with Gasteiger partial charge in [-0.1, -0.05) is 0 Å². The molecule has 120 valence electrons. The molecule has 0 radical (unpaired) electrons. The Morgan fingerprint density at radius 1 is 1.32 bits per heavy atom. The normalized spacial score (nSPS) is 26.5. The molecule has 22 heavy (non-hydrogen) atoms. The van der Waals surface area contributed by atoms with Gasteiger partial charge in [0, 0.05) is 44.5 Å². The number of amides is 1. The number of nitrogens with zero attached hydrogens (tertiary/aromatic N) is 4. The van der Waals surface area contributed by atoms with E-state index in [4.69, 9.17) is 4.74 Å². The molecule has 2 aliphatic rings. The summed E-state index contributed by atoms with van der Waals surface area (Å²) in [6, 6.07) is 0. The predicted octanol–water partition coefficient (Wildman–Crippen LogP) is -0.791. The second-order valence-electron chi connectivity index (χ2n) is 5.59. The topological polar surface area (TPSA) is 92.7 Å². The summed E-state index contributed by atoms with van der Waals surface area (Å²) in [6.07, 6.45) is 5.49. The van der Waals surface area contributed by atoms with Crippen molar-refractivity contribution in [3.63, 3.8) is 0 Å². The summed E-state index contributed by atoms with van der Waals surface area (Å²) in [7, 11) is -3.25. The van der Waals surface area contributed by atoms with Crippen molar-refractivity contribution >= 4 is 15.9 Å². The molecule has 1 aromatic rings. The molecule has 2 atom stereocenters. The zero-order chi connectivity index (χ0) is 15.7. The first-order chi connectivity index (χ1) is 10.4. The van der Waals surface area contributed by atoms with Crippen molar-refractivity contribution < 1.29 is 17.9 Å². The zero-order valence-electron chi connectivity index (χ0n) is 12.3. The number of carbonyl (C=O) groups excluding carboxylic acids is 1. The second-order valence-corrected chi connectivity index (χ2v) is 7.57. The lowest BCUT2D eigenvalue weighted by molar-refractivity contribution is 0.0490. The molecule has 9 heteroatoms. The summed E-state index contributed by atoms with van der Waals surface area (Å²) in [5.74, 6) is -0.214. The summed E-state index contributed by atoms with van der Waals surface area (Å²) in [4.78, 5) is 22.0. The molecule has 1 aromatic heterocycles. The third-order valence-electron chi connectivity index (χ3n) is 4.03. The molecule has 0 spiro atoms. The number of sulfonamides is 1. The molecule has 8 nitrogen and oxygen atoms in total. The summed E-state index contributed by atoms with van der Waals surface area (Å²) in [6.45, 7) is 2.02. The maximum absolute atomic E-state index is 12.4. The van der Waals surface area contributed by atoms with Gasteiger partial charge in [0.15, 0.2) is 0 Å². The first-order valence-corrected chi connectivity index (χ1v) is 8.92. The maximum atomic E-state index is 12.4. The molecule has 3 rings (SSSR count). The summed E-state index contributed by atoms with van der Waals surface area (Å²) < 4.78 is 30.6. The van der Waals surface area contributed by atoms with Gasteiger partial charge in [-0.2, -0.15) is 4.31 Å². The highest BCUT2D eigenvalue weighted by Gasteiger charge is 2.40. The average molecular weight is 326 g/mol. The van der Waals surface area contributed by atoms with Gasteiger partial charge in [0.05, 0.1) is 25.2 Å². The number of ether oxygens (including phenoxy) is 1. The van der Waals surface area contributed by atoms with E-state index < -0.39 is 10.0 Å². The maximum Gasteiger partial charge on any atom is 0.274 e. The highest BCUT2D eigenvalue weighted by Crippen LogP contribution is 2.25. The van der Waals surface area contributed by atoms with Gasteiger partial charge in [0.2, 0.25) is 10.0 Å². The molecule has 2 aliphatic heterocycles. The minimum absolute atomic E-state index is 0.0159. The Balaban J connectivity index is 1.72. The lowest BCUT2D eigenvalue weighted by Crippen LogP contribution is -2.37. The lowest BCUT2D eigenvalue weighted by Gasteiger charge is -2.21. The van der Waals surface area contributed by atoms with Crippen molar-refractivity contribution in [1.82, 2.24) is 19.2 Å². The van der Waals surface area contributed by atoms with Crippen LogP contribution in [-0.4, -0.2) is 78.6 Å². The van der Waals surface area contributed by atoms with Gasteiger partial charge in [-0.05, 0) is 0 Å². The molecule has 0 bridgehead atoms.